The van der Waals surface area contributed by atoms with Crippen molar-refractivity contribution in [2.45, 2.75) is 24.3 Å². The zero-order valence-corrected chi connectivity index (χ0v) is 13.8. The number of methoxy groups -OCH3 is 1. The molecule has 0 aliphatic heterocycles. The summed E-state index contributed by atoms with van der Waals surface area (Å²) in [6.45, 7) is 1.90. The smallest absolute Gasteiger partial charge is 0.312 e. The van der Waals surface area contributed by atoms with Crippen LogP contribution in [0.15, 0.2) is 59.5 Å². The normalized spacial score (nSPS) is 12.6. The Hall–Kier alpha value is -2.18. The predicted molar refractivity (Wildman–Crippen MR) is 87.3 cm³/mol. The number of benzene rings is 2. The molecule has 0 saturated carbocycles. The molecule has 0 aliphatic rings. The van der Waals surface area contributed by atoms with Gasteiger partial charge in [-0.3, -0.25) is 4.79 Å². The Bertz CT molecular complexity index is 772. The van der Waals surface area contributed by atoms with Gasteiger partial charge in [0.2, 0.25) is 10.0 Å². The standard InChI is InChI=1S/C17H19NO4S/c1-13(17(19)22-2)15-8-6-7-14(11-15)12-18-23(20,21)16-9-4-3-5-10-16/h3-11,13,18H,12H2,1-2H3. The van der Waals surface area contributed by atoms with Gasteiger partial charge < -0.3 is 4.74 Å². The molecule has 0 fully saturated rings. The second-order valence-corrected chi connectivity index (χ2v) is 6.89. The zero-order chi connectivity index (χ0) is 16.9. The first-order valence-electron chi connectivity index (χ1n) is 7.15. The van der Waals surface area contributed by atoms with Gasteiger partial charge in [-0.05, 0) is 30.2 Å². The van der Waals surface area contributed by atoms with E-state index < -0.39 is 15.9 Å². The van der Waals surface area contributed by atoms with Crippen LogP contribution in [0.25, 0.3) is 0 Å². The lowest BCUT2D eigenvalue weighted by atomic mass is 9.99. The molecule has 0 amide bonds. The van der Waals surface area contributed by atoms with Gasteiger partial charge in [0.25, 0.3) is 0 Å². The minimum Gasteiger partial charge on any atom is -0.469 e. The third kappa shape index (κ3) is 4.40. The van der Waals surface area contributed by atoms with Crippen molar-refractivity contribution >= 4 is 16.0 Å². The topological polar surface area (TPSA) is 72.5 Å². The third-order valence-electron chi connectivity index (χ3n) is 3.53. The molecule has 0 heterocycles. The van der Waals surface area contributed by atoms with Gasteiger partial charge in [-0.25, -0.2) is 13.1 Å². The van der Waals surface area contributed by atoms with Crippen LogP contribution in [-0.2, 0) is 26.1 Å². The van der Waals surface area contributed by atoms with Crippen molar-refractivity contribution in [1.29, 1.82) is 0 Å². The van der Waals surface area contributed by atoms with Crippen molar-refractivity contribution in [3.8, 4) is 0 Å². The lowest BCUT2D eigenvalue weighted by Crippen LogP contribution is -2.23. The molecule has 122 valence electrons. The van der Waals surface area contributed by atoms with Gasteiger partial charge in [0.15, 0.2) is 0 Å². The minimum atomic E-state index is -3.55. The van der Waals surface area contributed by atoms with E-state index >= 15 is 0 Å². The monoisotopic (exact) mass is 333 g/mol. The number of sulfonamides is 1. The van der Waals surface area contributed by atoms with Crippen LogP contribution < -0.4 is 4.72 Å². The Balaban J connectivity index is 2.11. The number of hydrogen-bond donors (Lipinski definition) is 1. The van der Waals surface area contributed by atoms with Gasteiger partial charge in [-0.15, -0.1) is 0 Å². The van der Waals surface area contributed by atoms with E-state index in [1.807, 2.05) is 6.07 Å². The van der Waals surface area contributed by atoms with Crippen LogP contribution in [0.3, 0.4) is 0 Å². The highest BCUT2D eigenvalue weighted by atomic mass is 32.2. The van der Waals surface area contributed by atoms with E-state index in [4.69, 9.17) is 4.74 Å². The SMILES string of the molecule is COC(=O)C(C)c1cccc(CNS(=O)(=O)c2ccccc2)c1. The third-order valence-corrected chi connectivity index (χ3v) is 4.94. The number of ether oxygens (including phenoxy) is 1. The summed E-state index contributed by atoms with van der Waals surface area (Å²) in [7, 11) is -2.21. The average molecular weight is 333 g/mol. The van der Waals surface area contributed by atoms with E-state index in [9.17, 15) is 13.2 Å². The fourth-order valence-corrected chi connectivity index (χ4v) is 3.19. The summed E-state index contributed by atoms with van der Waals surface area (Å²) in [6.07, 6.45) is 0. The number of nitrogens with one attached hydrogen (secondary N) is 1. The predicted octanol–water partition coefficient (Wildman–Crippen LogP) is 2.44. The maximum atomic E-state index is 12.2. The van der Waals surface area contributed by atoms with Gasteiger partial charge in [0.05, 0.1) is 17.9 Å². The number of carbonyl (C=O) groups is 1. The summed E-state index contributed by atoms with van der Waals surface area (Å²) in [6, 6.07) is 15.4. The molecule has 2 aromatic rings. The van der Waals surface area contributed by atoms with Gasteiger partial charge in [0.1, 0.15) is 0 Å². The molecule has 0 aliphatic carbocycles. The summed E-state index contributed by atoms with van der Waals surface area (Å²) in [5.41, 5.74) is 1.56. The van der Waals surface area contributed by atoms with E-state index in [1.165, 1.54) is 19.2 Å². The first-order valence-corrected chi connectivity index (χ1v) is 8.64. The van der Waals surface area contributed by atoms with Crippen molar-refractivity contribution in [2.24, 2.45) is 0 Å². The molecule has 1 N–H and O–H groups in total. The Morgan fingerprint density at radius 2 is 1.83 bits per heavy atom. The van der Waals surface area contributed by atoms with Crippen LogP contribution in [0.5, 0.6) is 0 Å². The maximum absolute atomic E-state index is 12.2. The highest BCUT2D eigenvalue weighted by Crippen LogP contribution is 2.18. The summed E-state index contributed by atoms with van der Waals surface area (Å²) in [5.74, 6) is -0.724. The largest absolute Gasteiger partial charge is 0.469 e. The lowest BCUT2D eigenvalue weighted by molar-refractivity contribution is -0.141. The van der Waals surface area contributed by atoms with Crippen molar-refractivity contribution < 1.29 is 17.9 Å². The minimum absolute atomic E-state index is 0.152. The van der Waals surface area contributed by atoms with E-state index in [1.54, 1.807) is 43.3 Å². The lowest BCUT2D eigenvalue weighted by Gasteiger charge is -2.12. The molecule has 5 nitrogen and oxygen atoms in total. The Morgan fingerprint density at radius 3 is 2.48 bits per heavy atom. The second-order valence-electron chi connectivity index (χ2n) is 5.13. The fourth-order valence-electron chi connectivity index (χ4n) is 2.15. The van der Waals surface area contributed by atoms with Crippen LogP contribution >= 0.6 is 0 Å². The summed E-state index contributed by atoms with van der Waals surface area (Å²) in [4.78, 5) is 11.8. The Labute approximate surface area is 136 Å². The summed E-state index contributed by atoms with van der Waals surface area (Å²) < 4.78 is 31.7. The highest BCUT2D eigenvalue weighted by Gasteiger charge is 2.17. The van der Waals surface area contributed by atoms with Crippen LogP contribution in [-0.4, -0.2) is 21.5 Å². The van der Waals surface area contributed by atoms with E-state index in [-0.39, 0.29) is 17.4 Å². The van der Waals surface area contributed by atoms with Crippen LogP contribution in [0.2, 0.25) is 0 Å². The highest BCUT2D eigenvalue weighted by molar-refractivity contribution is 7.89. The van der Waals surface area contributed by atoms with E-state index in [0.29, 0.717) is 0 Å². The average Bonchev–Trinajstić information content (AvgIpc) is 2.59. The van der Waals surface area contributed by atoms with Crippen molar-refractivity contribution in [3.05, 3.63) is 65.7 Å². The van der Waals surface area contributed by atoms with Crippen molar-refractivity contribution in [2.75, 3.05) is 7.11 Å². The molecule has 6 heteroatoms. The molecule has 1 atom stereocenters. The molecule has 2 rings (SSSR count). The number of esters is 1. The molecule has 0 radical (unpaired) electrons. The molecule has 0 bridgehead atoms. The van der Waals surface area contributed by atoms with Gasteiger partial charge in [0, 0.05) is 6.54 Å². The molecule has 1 unspecified atom stereocenters. The first-order chi connectivity index (χ1) is 10.9. The molecule has 0 aromatic heterocycles. The number of rotatable bonds is 6. The van der Waals surface area contributed by atoms with Gasteiger partial charge in [-0.2, -0.15) is 0 Å². The van der Waals surface area contributed by atoms with Crippen molar-refractivity contribution in [1.82, 2.24) is 4.72 Å². The summed E-state index contributed by atoms with van der Waals surface area (Å²) >= 11 is 0. The molecule has 2 aromatic carbocycles. The Morgan fingerprint density at radius 1 is 1.13 bits per heavy atom. The second kappa shape index (κ2) is 7.39. The molecule has 0 spiro atoms. The van der Waals surface area contributed by atoms with Gasteiger partial charge in [-0.1, -0.05) is 42.5 Å². The zero-order valence-electron chi connectivity index (χ0n) is 13.0. The van der Waals surface area contributed by atoms with Crippen LogP contribution in [0.1, 0.15) is 24.0 Å². The molecular formula is C17H19NO4S. The molecule has 23 heavy (non-hydrogen) atoms. The van der Waals surface area contributed by atoms with Crippen molar-refractivity contribution in [3.63, 3.8) is 0 Å². The fraction of sp³-hybridized carbons (Fsp3) is 0.235. The first kappa shape index (κ1) is 17.2. The molecule has 0 saturated heterocycles. The number of carbonyl (C=O) groups excluding carboxylic acids is 1. The summed E-state index contributed by atoms with van der Waals surface area (Å²) in [5, 5.41) is 0. The van der Waals surface area contributed by atoms with E-state index in [0.717, 1.165) is 11.1 Å². The van der Waals surface area contributed by atoms with Crippen LogP contribution in [0.4, 0.5) is 0 Å². The van der Waals surface area contributed by atoms with Crippen LogP contribution in [0, 0.1) is 0 Å². The van der Waals surface area contributed by atoms with E-state index in [2.05, 4.69) is 4.72 Å². The molecular weight excluding hydrogens is 314 g/mol. The quantitative estimate of drug-likeness (QED) is 0.824. The number of hydrogen-bond acceptors (Lipinski definition) is 4. The Kier molecular flexibility index (Phi) is 5.52. The van der Waals surface area contributed by atoms with Gasteiger partial charge >= 0.3 is 5.97 Å². The maximum Gasteiger partial charge on any atom is 0.312 e.